The van der Waals surface area contributed by atoms with Crippen LogP contribution in [0.5, 0.6) is 0 Å². The molecule has 1 rings (SSSR count). The van der Waals surface area contributed by atoms with Crippen LogP contribution < -0.4 is 10.9 Å². The highest BCUT2D eigenvalue weighted by molar-refractivity contribution is 5.91. The van der Waals surface area contributed by atoms with Gasteiger partial charge in [0.05, 0.1) is 12.2 Å². The van der Waals surface area contributed by atoms with E-state index in [0.29, 0.717) is 22.9 Å². The molecule has 0 fully saturated rings. The van der Waals surface area contributed by atoms with Crippen LogP contribution in [0.4, 0.5) is 18.0 Å². The number of nitrogens with zero attached hydrogens (tertiary/aromatic N) is 1. The molecule has 0 radical (unpaired) electrons. The van der Waals surface area contributed by atoms with Gasteiger partial charge in [-0.05, 0) is 13.0 Å². The average molecular weight is 292 g/mol. The first-order chi connectivity index (χ1) is 9.24. The van der Waals surface area contributed by atoms with Crippen LogP contribution in [0.1, 0.15) is 12.5 Å². The van der Waals surface area contributed by atoms with Gasteiger partial charge in [0.1, 0.15) is 6.54 Å². The van der Waals surface area contributed by atoms with E-state index in [1.807, 2.05) is 0 Å². The second-order valence-corrected chi connectivity index (χ2v) is 3.65. The number of carbonyl (C=O) groups is 2. The van der Waals surface area contributed by atoms with Crippen LogP contribution in [0.3, 0.4) is 0 Å². The standard InChI is InChI=1S/C11H11F3N2O4/c1-2-20-10(19)15-8(17)6-16-5-7(11(12,13)14)3-4-9(16)18/h3-5H,2,6H2,1H3,(H,15,17,19). The van der Waals surface area contributed by atoms with Crippen LogP contribution in [0.15, 0.2) is 23.1 Å². The molecule has 0 aliphatic heterocycles. The lowest BCUT2D eigenvalue weighted by molar-refractivity contribution is -0.138. The Bertz CT molecular complexity index is 566. The number of hydrogen-bond acceptors (Lipinski definition) is 4. The van der Waals surface area contributed by atoms with E-state index in [1.54, 1.807) is 5.32 Å². The Labute approximate surface area is 111 Å². The molecule has 110 valence electrons. The van der Waals surface area contributed by atoms with E-state index in [2.05, 4.69) is 4.74 Å². The maximum Gasteiger partial charge on any atom is 0.417 e. The Kier molecular flexibility index (Phi) is 4.89. The Morgan fingerprint density at radius 3 is 2.55 bits per heavy atom. The maximum atomic E-state index is 12.5. The predicted molar refractivity (Wildman–Crippen MR) is 60.9 cm³/mol. The molecule has 0 aliphatic rings. The molecule has 0 aromatic carbocycles. The van der Waals surface area contributed by atoms with Crippen molar-refractivity contribution < 1.29 is 27.5 Å². The molecule has 9 heteroatoms. The molecule has 0 saturated heterocycles. The van der Waals surface area contributed by atoms with Gasteiger partial charge in [-0.1, -0.05) is 0 Å². The van der Waals surface area contributed by atoms with Gasteiger partial charge in [0, 0.05) is 12.3 Å². The van der Waals surface area contributed by atoms with Gasteiger partial charge in [-0.2, -0.15) is 13.2 Å². The molecule has 0 atom stereocenters. The number of aromatic nitrogens is 1. The molecular formula is C11H11F3N2O4. The minimum atomic E-state index is -4.63. The van der Waals surface area contributed by atoms with Gasteiger partial charge in [0.25, 0.3) is 5.56 Å². The summed E-state index contributed by atoms with van der Waals surface area (Å²) in [6, 6.07) is 1.31. The summed E-state index contributed by atoms with van der Waals surface area (Å²) >= 11 is 0. The molecule has 0 saturated carbocycles. The molecule has 0 aliphatic carbocycles. The average Bonchev–Trinajstić information content (AvgIpc) is 2.30. The monoisotopic (exact) mass is 292 g/mol. The van der Waals surface area contributed by atoms with Crippen molar-refractivity contribution in [1.29, 1.82) is 0 Å². The van der Waals surface area contributed by atoms with Crippen molar-refractivity contribution in [3.05, 3.63) is 34.2 Å². The minimum absolute atomic E-state index is 0.0304. The fourth-order valence-electron chi connectivity index (χ4n) is 1.30. The summed E-state index contributed by atoms with van der Waals surface area (Å²) in [5.74, 6) is -0.954. The molecule has 1 heterocycles. The zero-order chi connectivity index (χ0) is 15.3. The van der Waals surface area contributed by atoms with Gasteiger partial charge < -0.3 is 9.30 Å². The van der Waals surface area contributed by atoms with Crippen LogP contribution in [0, 0.1) is 0 Å². The number of alkyl halides is 3. The highest BCUT2D eigenvalue weighted by Crippen LogP contribution is 2.27. The number of ether oxygens (including phenoxy) is 1. The summed E-state index contributed by atoms with van der Waals surface area (Å²) in [6.07, 6.45) is -5.15. The van der Waals surface area contributed by atoms with E-state index in [1.165, 1.54) is 6.92 Å². The molecule has 0 spiro atoms. The van der Waals surface area contributed by atoms with Crippen molar-refractivity contribution in [3.8, 4) is 0 Å². The van der Waals surface area contributed by atoms with Gasteiger partial charge in [-0.25, -0.2) is 4.79 Å². The Morgan fingerprint density at radius 1 is 1.35 bits per heavy atom. The lowest BCUT2D eigenvalue weighted by Crippen LogP contribution is -2.36. The SMILES string of the molecule is CCOC(=O)NC(=O)Cn1cc(C(F)(F)F)ccc1=O. The summed E-state index contributed by atoms with van der Waals surface area (Å²) < 4.78 is 42.3. The van der Waals surface area contributed by atoms with E-state index in [9.17, 15) is 27.6 Å². The number of carbonyl (C=O) groups excluding carboxylic acids is 2. The number of halogens is 3. The number of alkyl carbamates (subject to hydrolysis) is 1. The topological polar surface area (TPSA) is 77.4 Å². The molecule has 1 aromatic heterocycles. The van der Waals surface area contributed by atoms with Gasteiger partial charge in [0.15, 0.2) is 0 Å². The first-order valence-electron chi connectivity index (χ1n) is 5.48. The van der Waals surface area contributed by atoms with Crippen molar-refractivity contribution in [2.45, 2.75) is 19.6 Å². The van der Waals surface area contributed by atoms with Crippen LogP contribution >= 0.6 is 0 Å². The summed E-state index contributed by atoms with van der Waals surface area (Å²) in [5, 5.41) is 1.77. The molecule has 1 N–H and O–H groups in total. The van der Waals surface area contributed by atoms with Crippen LogP contribution in [0.2, 0.25) is 0 Å². The van der Waals surface area contributed by atoms with Crippen molar-refractivity contribution in [2.75, 3.05) is 6.61 Å². The van der Waals surface area contributed by atoms with Crippen molar-refractivity contribution >= 4 is 12.0 Å². The third kappa shape index (κ3) is 4.41. The number of imide groups is 1. The zero-order valence-electron chi connectivity index (χ0n) is 10.4. The first-order valence-corrected chi connectivity index (χ1v) is 5.48. The number of rotatable bonds is 3. The number of nitrogens with one attached hydrogen (secondary N) is 1. The first kappa shape index (κ1) is 15.7. The van der Waals surface area contributed by atoms with E-state index >= 15 is 0 Å². The Morgan fingerprint density at radius 2 is 2.00 bits per heavy atom. The van der Waals surface area contributed by atoms with Gasteiger partial charge in [-0.15, -0.1) is 0 Å². The third-order valence-corrected chi connectivity index (χ3v) is 2.14. The minimum Gasteiger partial charge on any atom is -0.450 e. The molecule has 6 nitrogen and oxygen atoms in total. The highest BCUT2D eigenvalue weighted by Gasteiger charge is 2.31. The van der Waals surface area contributed by atoms with E-state index in [-0.39, 0.29) is 6.61 Å². The maximum absolute atomic E-state index is 12.5. The summed E-state index contributed by atoms with van der Waals surface area (Å²) in [4.78, 5) is 33.6. The second kappa shape index (κ2) is 6.22. The van der Waals surface area contributed by atoms with Gasteiger partial charge >= 0.3 is 12.3 Å². The molecule has 2 amide bonds. The second-order valence-electron chi connectivity index (χ2n) is 3.65. The van der Waals surface area contributed by atoms with Gasteiger partial charge in [-0.3, -0.25) is 14.9 Å². The summed E-state index contributed by atoms with van der Waals surface area (Å²) in [7, 11) is 0. The van der Waals surface area contributed by atoms with Crippen molar-refractivity contribution in [3.63, 3.8) is 0 Å². The van der Waals surface area contributed by atoms with Crippen LogP contribution in [-0.2, 0) is 22.3 Å². The normalized spacial score (nSPS) is 11.0. The van der Waals surface area contributed by atoms with Crippen molar-refractivity contribution in [2.24, 2.45) is 0 Å². The fourth-order valence-corrected chi connectivity index (χ4v) is 1.30. The quantitative estimate of drug-likeness (QED) is 0.906. The molecule has 1 aromatic rings. The highest BCUT2D eigenvalue weighted by atomic mass is 19.4. The lowest BCUT2D eigenvalue weighted by atomic mass is 10.3. The summed E-state index contributed by atoms with van der Waals surface area (Å²) in [6.45, 7) is 0.825. The third-order valence-electron chi connectivity index (χ3n) is 2.14. The zero-order valence-corrected chi connectivity index (χ0v) is 10.4. The van der Waals surface area contributed by atoms with E-state index in [4.69, 9.17) is 0 Å². The molecular weight excluding hydrogens is 281 g/mol. The lowest BCUT2D eigenvalue weighted by Gasteiger charge is -2.10. The molecule has 20 heavy (non-hydrogen) atoms. The van der Waals surface area contributed by atoms with Crippen LogP contribution in [0.25, 0.3) is 0 Å². The van der Waals surface area contributed by atoms with Gasteiger partial charge in [0.2, 0.25) is 5.91 Å². The molecule has 0 bridgehead atoms. The Balaban J connectivity index is 2.84. The fraction of sp³-hybridized carbons (Fsp3) is 0.364. The Hall–Kier alpha value is -2.32. The predicted octanol–water partition coefficient (Wildman–Crippen LogP) is 1.14. The number of amides is 2. The number of hydrogen-bond donors (Lipinski definition) is 1. The largest absolute Gasteiger partial charge is 0.450 e. The smallest absolute Gasteiger partial charge is 0.417 e. The molecule has 0 unspecified atom stereocenters. The van der Waals surface area contributed by atoms with Crippen molar-refractivity contribution in [1.82, 2.24) is 9.88 Å². The van der Waals surface area contributed by atoms with Crippen LogP contribution in [-0.4, -0.2) is 23.2 Å². The number of pyridine rings is 1. The van der Waals surface area contributed by atoms with E-state index in [0.717, 1.165) is 0 Å². The summed E-state index contributed by atoms with van der Waals surface area (Å²) in [5.41, 5.74) is -1.86. The van der Waals surface area contributed by atoms with E-state index < -0.39 is 35.8 Å².